The van der Waals surface area contributed by atoms with Crippen molar-refractivity contribution in [3.8, 4) is 11.8 Å². The third-order valence-electron chi connectivity index (χ3n) is 9.24. The van der Waals surface area contributed by atoms with Crippen LogP contribution in [-0.4, -0.2) is 17.4 Å². The first-order chi connectivity index (χ1) is 13.9. The van der Waals surface area contributed by atoms with Gasteiger partial charge in [0, 0.05) is 24.2 Å². The van der Waals surface area contributed by atoms with Gasteiger partial charge in [-0.05, 0) is 87.2 Å². The molecule has 0 aromatic rings. The van der Waals surface area contributed by atoms with Gasteiger partial charge in [-0.2, -0.15) is 0 Å². The number of carbonyl (C=O) groups is 2. The summed E-state index contributed by atoms with van der Waals surface area (Å²) in [7, 11) is 0. The molecule has 29 heavy (non-hydrogen) atoms. The van der Waals surface area contributed by atoms with Gasteiger partial charge in [-0.25, -0.2) is 0 Å². The Morgan fingerprint density at radius 2 is 1.97 bits per heavy atom. The number of ketones is 1. The molecule has 4 fully saturated rings. The summed E-state index contributed by atoms with van der Waals surface area (Å²) < 4.78 is 6.20. The summed E-state index contributed by atoms with van der Waals surface area (Å²) in [6.07, 6.45) is 10.0. The van der Waals surface area contributed by atoms with Crippen LogP contribution in [0.25, 0.3) is 0 Å². The highest BCUT2D eigenvalue weighted by atomic mass is 16.6. The molecule has 0 bridgehead atoms. The fourth-order valence-electron chi connectivity index (χ4n) is 8.15. The van der Waals surface area contributed by atoms with Crippen molar-refractivity contribution in [2.24, 2.45) is 35.0 Å². The van der Waals surface area contributed by atoms with E-state index in [0.717, 1.165) is 50.5 Å². The number of fused-ring (bicyclic) bond motifs is 6. The Bertz CT molecular complexity index is 870. The van der Waals surface area contributed by atoms with E-state index in [1.165, 1.54) is 5.57 Å². The largest absolute Gasteiger partial charge is 0.454 e. The predicted molar refractivity (Wildman–Crippen MR) is 112 cm³/mol. The van der Waals surface area contributed by atoms with Crippen molar-refractivity contribution in [2.45, 2.75) is 77.2 Å². The van der Waals surface area contributed by atoms with E-state index in [-0.39, 0.29) is 11.4 Å². The molecular weight excluding hydrogens is 360 g/mol. The van der Waals surface area contributed by atoms with E-state index in [1.54, 1.807) is 0 Å². The van der Waals surface area contributed by atoms with Crippen LogP contribution in [0, 0.1) is 46.8 Å². The van der Waals surface area contributed by atoms with Crippen molar-refractivity contribution >= 4 is 11.8 Å². The fourth-order valence-corrected chi connectivity index (χ4v) is 8.15. The first-order valence-corrected chi connectivity index (χ1v) is 11.5. The Hall–Kier alpha value is -1.82. The van der Waals surface area contributed by atoms with Gasteiger partial charge in [0.1, 0.15) is 5.60 Å². The van der Waals surface area contributed by atoms with Gasteiger partial charge in [-0.3, -0.25) is 9.59 Å². The summed E-state index contributed by atoms with van der Waals surface area (Å²) in [5.41, 5.74) is 1.94. The minimum absolute atomic E-state index is 0.0563. The molecule has 1 spiro atoms. The molecule has 4 aliphatic carbocycles. The van der Waals surface area contributed by atoms with E-state index in [9.17, 15) is 9.59 Å². The monoisotopic (exact) mass is 392 g/mol. The van der Waals surface area contributed by atoms with Gasteiger partial charge in [0.15, 0.2) is 5.78 Å². The molecule has 3 saturated carbocycles. The van der Waals surface area contributed by atoms with E-state index in [0.29, 0.717) is 48.2 Å². The Balaban J connectivity index is 1.57. The molecule has 7 atom stereocenters. The average Bonchev–Trinajstić information content (AvgIpc) is 2.97. The van der Waals surface area contributed by atoms with Crippen LogP contribution in [0.4, 0.5) is 0 Å². The lowest BCUT2D eigenvalue weighted by molar-refractivity contribution is -0.182. The van der Waals surface area contributed by atoms with Crippen LogP contribution >= 0.6 is 0 Å². The van der Waals surface area contributed by atoms with Gasteiger partial charge >= 0.3 is 5.97 Å². The molecule has 0 radical (unpaired) electrons. The molecule has 3 heteroatoms. The van der Waals surface area contributed by atoms with Crippen LogP contribution in [0.1, 0.15) is 71.6 Å². The van der Waals surface area contributed by atoms with Crippen molar-refractivity contribution < 1.29 is 14.3 Å². The standard InChI is InChI=1S/C26H32O3/c1-4-5-18-15-25(3)22(12-13-26(25)16(2)6-11-23(28)29-26)21-9-7-17-14-19(27)8-10-20(17)24(18)21/h14,18,20-22,24H,2,6-13,15H2,1,3H3/t18-,20-,21-,22-,24+,25-,26+/m0/s1. The van der Waals surface area contributed by atoms with Crippen LogP contribution in [0.15, 0.2) is 23.8 Å². The lowest BCUT2D eigenvalue weighted by atomic mass is 9.47. The second-order valence-electron chi connectivity index (χ2n) is 10.3. The first kappa shape index (κ1) is 19.2. The molecular formula is C26H32O3. The fraction of sp³-hybridized carbons (Fsp3) is 0.692. The second-order valence-corrected chi connectivity index (χ2v) is 10.3. The van der Waals surface area contributed by atoms with Crippen LogP contribution in [0.2, 0.25) is 0 Å². The lowest BCUT2D eigenvalue weighted by Crippen LogP contribution is -2.58. The Kier molecular flexibility index (Phi) is 4.36. The zero-order chi connectivity index (χ0) is 20.4. The molecule has 3 nitrogen and oxygen atoms in total. The van der Waals surface area contributed by atoms with Crippen LogP contribution in [0.3, 0.4) is 0 Å². The van der Waals surface area contributed by atoms with Gasteiger partial charge in [-0.1, -0.05) is 25.0 Å². The van der Waals surface area contributed by atoms with Gasteiger partial charge in [0.2, 0.25) is 0 Å². The minimum atomic E-state index is -0.496. The number of carbonyl (C=O) groups excluding carboxylic acids is 2. The highest BCUT2D eigenvalue weighted by molar-refractivity contribution is 5.91. The quantitative estimate of drug-likeness (QED) is 0.331. The number of hydrogen-bond donors (Lipinski definition) is 0. The van der Waals surface area contributed by atoms with Gasteiger partial charge in [0.05, 0.1) is 0 Å². The molecule has 0 aromatic carbocycles. The van der Waals surface area contributed by atoms with E-state index in [1.807, 2.05) is 13.0 Å². The van der Waals surface area contributed by atoms with Gasteiger partial charge in [-0.15, -0.1) is 5.92 Å². The van der Waals surface area contributed by atoms with Crippen LogP contribution in [-0.2, 0) is 14.3 Å². The van der Waals surface area contributed by atoms with Crippen molar-refractivity contribution in [3.05, 3.63) is 23.8 Å². The zero-order valence-electron chi connectivity index (χ0n) is 17.8. The molecule has 154 valence electrons. The SMILES string of the molecule is C=C1CCC(=O)O[C@]12CC[C@H]1[C@@H]3CCC4=CC(=O)CC[C@@H]4[C@H]3[C@@H](C#CC)C[C@@]12C. The predicted octanol–water partition coefficient (Wildman–Crippen LogP) is 5.01. The molecule has 0 unspecified atom stereocenters. The minimum Gasteiger partial charge on any atom is -0.454 e. The Labute approximate surface area is 174 Å². The summed E-state index contributed by atoms with van der Waals surface area (Å²) >= 11 is 0. The molecule has 1 saturated heterocycles. The summed E-state index contributed by atoms with van der Waals surface area (Å²) in [6, 6.07) is 0. The van der Waals surface area contributed by atoms with Gasteiger partial charge < -0.3 is 4.74 Å². The number of rotatable bonds is 0. The van der Waals surface area contributed by atoms with E-state index < -0.39 is 5.60 Å². The van der Waals surface area contributed by atoms with Crippen molar-refractivity contribution in [3.63, 3.8) is 0 Å². The molecule has 5 aliphatic rings. The normalized spacial score (nSPS) is 46.1. The summed E-state index contributed by atoms with van der Waals surface area (Å²) in [4.78, 5) is 24.4. The average molecular weight is 393 g/mol. The van der Waals surface area contributed by atoms with Crippen LogP contribution < -0.4 is 0 Å². The van der Waals surface area contributed by atoms with Crippen molar-refractivity contribution in [1.82, 2.24) is 0 Å². The number of hydrogen-bond acceptors (Lipinski definition) is 3. The molecule has 1 heterocycles. The van der Waals surface area contributed by atoms with Gasteiger partial charge in [0.25, 0.3) is 0 Å². The maximum Gasteiger partial charge on any atom is 0.307 e. The highest BCUT2D eigenvalue weighted by Crippen LogP contribution is 2.69. The molecule has 0 N–H and O–H groups in total. The maximum absolute atomic E-state index is 12.4. The third kappa shape index (κ3) is 2.57. The second kappa shape index (κ2) is 6.59. The molecule has 0 amide bonds. The van der Waals surface area contributed by atoms with Crippen molar-refractivity contribution in [2.75, 3.05) is 0 Å². The highest BCUT2D eigenvalue weighted by Gasteiger charge is 2.67. The Morgan fingerprint density at radius 1 is 1.14 bits per heavy atom. The zero-order valence-corrected chi connectivity index (χ0v) is 17.8. The number of allylic oxidation sites excluding steroid dienone is 1. The van der Waals surface area contributed by atoms with E-state index in [2.05, 4.69) is 25.3 Å². The third-order valence-corrected chi connectivity index (χ3v) is 9.24. The first-order valence-electron chi connectivity index (χ1n) is 11.5. The van der Waals surface area contributed by atoms with E-state index in [4.69, 9.17) is 4.74 Å². The summed E-state index contributed by atoms with van der Waals surface area (Å²) in [6.45, 7) is 8.72. The number of ether oxygens (including phenoxy) is 1. The smallest absolute Gasteiger partial charge is 0.307 e. The Morgan fingerprint density at radius 3 is 2.76 bits per heavy atom. The van der Waals surface area contributed by atoms with E-state index >= 15 is 0 Å². The maximum atomic E-state index is 12.4. The summed E-state index contributed by atoms with van der Waals surface area (Å²) in [5, 5.41) is 0. The number of esters is 1. The molecule has 1 aliphatic heterocycles. The topological polar surface area (TPSA) is 43.4 Å². The summed E-state index contributed by atoms with van der Waals surface area (Å²) in [5.74, 6) is 9.54. The van der Waals surface area contributed by atoms with Crippen molar-refractivity contribution in [1.29, 1.82) is 0 Å². The lowest BCUT2D eigenvalue weighted by Gasteiger charge is -2.59. The van der Waals surface area contributed by atoms with Crippen LogP contribution in [0.5, 0.6) is 0 Å². The molecule has 0 aromatic heterocycles. The molecule has 5 rings (SSSR count).